The molecule has 4 nitrogen and oxygen atoms in total. The molecule has 0 aromatic heterocycles. The summed E-state index contributed by atoms with van der Waals surface area (Å²) < 4.78 is 0. The van der Waals surface area contributed by atoms with Crippen LogP contribution in [-0.2, 0) is 4.79 Å². The molecular formula is C29H28ClN3OS. The fourth-order valence-corrected chi connectivity index (χ4v) is 6.04. The van der Waals surface area contributed by atoms with Gasteiger partial charge in [0.15, 0.2) is 0 Å². The minimum atomic E-state index is -0.243. The van der Waals surface area contributed by atoms with Crippen LogP contribution in [0.4, 0.5) is 5.69 Å². The van der Waals surface area contributed by atoms with Gasteiger partial charge in [-0.3, -0.25) is 4.79 Å². The molecule has 2 N–H and O–H groups in total. The van der Waals surface area contributed by atoms with Crippen LogP contribution in [0, 0.1) is 5.92 Å². The molecule has 1 heterocycles. The first-order chi connectivity index (χ1) is 17.0. The third kappa shape index (κ3) is 5.02. The Hall–Kier alpha value is -3.02. The minimum absolute atomic E-state index is 0.112. The fourth-order valence-electron chi connectivity index (χ4n) is 4.91. The Bertz CT molecular complexity index is 1290. The van der Waals surface area contributed by atoms with E-state index in [-0.39, 0.29) is 17.2 Å². The van der Waals surface area contributed by atoms with Crippen molar-refractivity contribution in [3.05, 3.63) is 107 Å². The standard InChI is InChI=1S/C29H28ClN3OS/c1-18(32-33-29(34)19(2)35-21-9-4-3-5-10-21)20-15-16-27-25(17-20)22-12-8-13-23(22)28(31-27)24-11-6-7-14-26(24)30/h3-12,14-17,19,22-23,28,31H,13H2,1-2H3,(H,33,34)/b32-18+. The first-order valence-electron chi connectivity index (χ1n) is 11.9. The van der Waals surface area contributed by atoms with Gasteiger partial charge in [-0.25, -0.2) is 5.43 Å². The van der Waals surface area contributed by atoms with E-state index in [4.69, 9.17) is 11.6 Å². The van der Waals surface area contributed by atoms with Crippen molar-refractivity contribution in [3.63, 3.8) is 0 Å². The molecule has 3 aromatic carbocycles. The van der Waals surface area contributed by atoms with Gasteiger partial charge in [-0.1, -0.05) is 66.2 Å². The van der Waals surface area contributed by atoms with Crippen molar-refractivity contribution in [1.82, 2.24) is 5.43 Å². The van der Waals surface area contributed by atoms with E-state index < -0.39 is 0 Å². The number of carbonyl (C=O) groups is 1. The van der Waals surface area contributed by atoms with Crippen LogP contribution in [-0.4, -0.2) is 16.9 Å². The minimum Gasteiger partial charge on any atom is -0.378 e. The van der Waals surface area contributed by atoms with E-state index in [1.807, 2.05) is 62.4 Å². The predicted molar refractivity (Wildman–Crippen MR) is 146 cm³/mol. The SMILES string of the molecule is C/C(=N\NC(=O)C(C)Sc1ccccc1)c1ccc2c(c1)C1C=CCC1C(c1ccccc1Cl)N2. The summed E-state index contributed by atoms with van der Waals surface area (Å²) in [6.45, 7) is 3.83. The van der Waals surface area contributed by atoms with E-state index in [1.54, 1.807) is 0 Å². The van der Waals surface area contributed by atoms with E-state index in [1.165, 1.54) is 17.3 Å². The van der Waals surface area contributed by atoms with Crippen molar-refractivity contribution in [2.45, 2.75) is 42.4 Å². The van der Waals surface area contributed by atoms with Crippen molar-refractivity contribution >= 4 is 40.7 Å². The van der Waals surface area contributed by atoms with Gasteiger partial charge in [-0.2, -0.15) is 5.10 Å². The molecule has 6 heteroatoms. The Morgan fingerprint density at radius 3 is 2.66 bits per heavy atom. The summed E-state index contributed by atoms with van der Waals surface area (Å²) >= 11 is 8.08. The number of nitrogens with zero attached hydrogens (tertiary/aromatic N) is 1. The summed E-state index contributed by atoms with van der Waals surface area (Å²) in [5.41, 5.74) is 8.06. The van der Waals surface area contributed by atoms with Crippen molar-refractivity contribution in [2.75, 3.05) is 5.32 Å². The molecule has 4 atom stereocenters. The van der Waals surface area contributed by atoms with Crippen LogP contribution in [0.1, 0.15) is 48.9 Å². The normalized spacial score (nSPS) is 21.6. The van der Waals surface area contributed by atoms with E-state index in [0.29, 0.717) is 11.8 Å². The summed E-state index contributed by atoms with van der Waals surface area (Å²) in [4.78, 5) is 13.7. The zero-order valence-electron chi connectivity index (χ0n) is 19.7. The number of nitrogens with one attached hydrogen (secondary N) is 2. The number of hydrogen-bond donors (Lipinski definition) is 2. The zero-order valence-corrected chi connectivity index (χ0v) is 21.3. The molecule has 178 valence electrons. The number of anilines is 1. The number of thioether (sulfide) groups is 1. The molecular weight excluding hydrogens is 474 g/mol. The van der Waals surface area contributed by atoms with Gasteiger partial charge in [-0.15, -0.1) is 11.8 Å². The van der Waals surface area contributed by atoms with Gasteiger partial charge < -0.3 is 5.32 Å². The van der Waals surface area contributed by atoms with Gasteiger partial charge in [0.05, 0.1) is 17.0 Å². The number of fused-ring (bicyclic) bond motifs is 3. The van der Waals surface area contributed by atoms with E-state index in [0.717, 1.165) is 38.9 Å². The molecule has 0 spiro atoms. The molecule has 3 aromatic rings. The van der Waals surface area contributed by atoms with Gasteiger partial charge in [0, 0.05) is 21.5 Å². The first-order valence-corrected chi connectivity index (χ1v) is 13.1. The highest BCUT2D eigenvalue weighted by Gasteiger charge is 2.38. The first kappa shape index (κ1) is 23.7. The number of benzene rings is 3. The largest absolute Gasteiger partial charge is 0.378 e. The van der Waals surface area contributed by atoms with Crippen LogP contribution in [0.25, 0.3) is 0 Å². The molecule has 35 heavy (non-hydrogen) atoms. The smallest absolute Gasteiger partial charge is 0.253 e. The van der Waals surface area contributed by atoms with Gasteiger partial charge in [-0.05, 0) is 73.2 Å². The lowest BCUT2D eigenvalue weighted by Gasteiger charge is -2.38. The third-order valence-electron chi connectivity index (χ3n) is 6.78. The molecule has 1 aliphatic heterocycles. The average Bonchev–Trinajstić information content (AvgIpc) is 3.38. The Morgan fingerprint density at radius 2 is 1.86 bits per heavy atom. The highest BCUT2D eigenvalue weighted by molar-refractivity contribution is 8.00. The molecule has 0 saturated carbocycles. The van der Waals surface area contributed by atoms with E-state index in [9.17, 15) is 4.79 Å². The maximum atomic E-state index is 12.6. The topological polar surface area (TPSA) is 53.5 Å². The molecule has 2 aliphatic rings. The van der Waals surface area contributed by atoms with Crippen LogP contribution in [0.5, 0.6) is 0 Å². The molecule has 0 radical (unpaired) electrons. The number of allylic oxidation sites excluding steroid dienone is 2. The predicted octanol–water partition coefficient (Wildman–Crippen LogP) is 7.19. The van der Waals surface area contributed by atoms with Gasteiger partial charge in [0.2, 0.25) is 0 Å². The van der Waals surface area contributed by atoms with Crippen LogP contribution in [0.3, 0.4) is 0 Å². The van der Waals surface area contributed by atoms with E-state index in [2.05, 4.69) is 52.3 Å². The molecule has 1 amide bonds. The zero-order chi connectivity index (χ0) is 24.4. The Morgan fingerprint density at radius 1 is 1.09 bits per heavy atom. The maximum absolute atomic E-state index is 12.6. The van der Waals surface area contributed by atoms with Crippen molar-refractivity contribution in [1.29, 1.82) is 0 Å². The van der Waals surface area contributed by atoms with Gasteiger partial charge in [0.1, 0.15) is 0 Å². The summed E-state index contributed by atoms with van der Waals surface area (Å²) in [6, 6.07) is 24.6. The Labute approximate surface area is 215 Å². The summed E-state index contributed by atoms with van der Waals surface area (Å²) in [6.07, 6.45) is 5.60. The second-order valence-corrected chi connectivity index (χ2v) is 10.9. The lowest BCUT2D eigenvalue weighted by Crippen LogP contribution is -2.29. The lowest BCUT2D eigenvalue weighted by molar-refractivity contribution is -0.120. The van der Waals surface area contributed by atoms with Crippen molar-refractivity contribution in [2.24, 2.45) is 11.0 Å². The Balaban J connectivity index is 1.32. The maximum Gasteiger partial charge on any atom is 0.253 e. The molecule has 0 saturated heterocycles. The molecule has 0 fully saturated rings. The number of halogens is 1. The molecule has 5 rings (SSSR count). The lowest BCUT2D eigenvalue weighted by atomic mass is 9.76. The monoisotopic (exact) mass is 501 g/mol. The van der Waals surface area contributed by atoms with Crippen LogP contribution < -0.4 is 10.7 Å². The quantitative estimate of drug-likeness (QED) is 0.163. The fraction of sp³-hybridized carbons (Fsp3) is 0.241. The Kier molecular flexibility index (Phi) is 6.98. The van der Waals surface area contributed by atoms with E-state index >= 15 is 0 Å². The summed E-state index contributed by atoms with van der Waals surface area (Å²) in [7, 11) is 0. The van der Waals surface area contributed by atoms with Crippen molar-refractivity contribution in [3.8, 4) is 0 Å². The van der Waals surface area contributed by atoms with Crippen LogP contribution in [0.2, 0.25) is 5.02 Å². The van der Waals surface area contributed by atoms with Crippen molar-refractivity contribution < 1.29 is 4.79 Å². The number of hydrogen-bond acceptors (Lipinski definition) is 4. The van der Waals surface area contributed by atoms with Crippen LogP contribution >= 0.6 is 23.4 Å². The van der Waals surface area contributed by atoms with Crippen LogP contribution in [0.15, 0.2) is 94.9 Å². The highest BCUT2D eigenvalue weighted by Crippen LogP contribution is 2.50. The molecule has 0 bridgehead atoms. The summed E-state index contributed by atoms with van der Waals surface area (Å²) in [5.74, 6) is 0.613. The highest BCUT2D eigenvalue weighted by atomic mass is 35.5. The van der Waals surface area contributed by atoms with Gasteiger partial charge in [0.25, 0.3) is 5.91 Å². The molecule has 4 unspecified atom stereocenters. The molecule has 1 aliphatic carbocycles. The second-order valence-electron chi connectivity index (χ2n) is 9.05. The van der Waals surface area contributed by atoms with Gasteiger partial charge >= 0.3 is 0 Å². The number of hydrazone groups is 1. The third-order valence-corrected chi connectivity index (χ3v) is 8.24. The number of rotatable bonds is 6. The number of carbonyl (C=O) groups excluding carboxylic acids is 1. The summed E-state index contributed by atoms with van der Waals surface area (Å²) in [5, 5.41) is 8.71. The second kappa shape index (κ2) is 10.3. The number of amides is 1. The average molecular weight is 502 g/mol.